The molecule has 4 nitrogen and oxygen atoms in total. The van der Waals surface area contributed by atoms with E-state index in [2.05, 4.69) is 37.3 Å². The van der Waals surface area contributed by atoms with Crippen LogP contribution in [0.2, 0.25) is 0 Å². The Bertz CT molecular complexity index is 363. The van der Waals surface area contributed by atoms with Crippen molar-refractivity contribution in [3.05, 3.63) is 17.5 Å². The van der Waals surface area contributed by atoms with Crippen LogP contribution in [0.3, 0.4) is 0 Å². The predicted octanol–water partition coefficient (Wildman–Crippen LogP) is 2.71. The molecule has 0 aromatic carbocycles. The largest absolute Gasteiger partial charge is 0.382 e. The van der Waals surface area contributed by atoms with Crippen LogP contribution in [0.4, 0.5) is 0 Å². The number of nitrogens with zero attached hydrogens (tertiary/aromatic N) is 2. The minimum Gasteiger partial charge on any atom is -0.382 e. The lowest BCUT2D eigenvalue weighted by Gasteiger charge is -2.18. The van der Waals surface area contributed by atoms with E-state index in [1.807, 2.05) is 11.7 Å². The number of ether oxygens (including phenoxy) is 1. The van der Waals surface area contributed by atoms with E-state index >= 15 is 0 Å². The van der Waals surface area contributed by atoms with Crippen molar-refractivity contribution in [3.8, 4) is 0 Å². The van der Waals surface area contributed by atoms with Gasteiger partial charge in [0.1, 0.15) is 0 Å². The quantitative estimate of drug-likeness (QED) is 0.634. The summed E-state index contributed by atoms with van der Waals surface area (Å²) in [5, 5.41) is 8.19. The zero-order valence-electron chi connectivity index (χ0n) is 13.6. The fourth-order valence-electron chi connectivity index (χ4n) is 2.39. The highest BCUT2D eigenvalue weighted by Gasteiger charge is 2.12. The molecule has 1 aromatic heterocycles. The van der Waals surface area contributed by atoms with Gasteiger partial charge in [0, 0.05) is 38.4 Å². The van der Waals surface area contributed by atoms with Gasteiger partial charge in [-0.25, -0.2) is 0 Å². The molecule has 0 aliphatic rings. The summed E-state index contributed by atoms with van der Waals surface area (Å²) in [6, 6.07) is 2.76. The summed E-state index contributed by atoms with van der Waals surface area (Å²) in [7, 11) is 2.05. The topological polar surface area (TPSA) is 39.1 Å². The minimum absolute atomic E-state index is 0.524. The van der Waals surface area contributed by atoms with Gasteiger partial charge < -0.3 is 10.1 Å². The molecule has 1 N–H and O–H groups in total. The number of nitrogens with one attached hydrogen (secondary N) is 1. The van der Waals surface area contributed by atoms with E-state index in [1.165, 1.54) is 17.8 Å². The lowest BCUT2D eigenvalue weighted by molar-refractivity contribution is 0.140. The van der Waals surface area contributed by atoms with Crippen molar-refractivity contribution < 1.29 is 4.74 Å². The van der Waals surface area contributed by atoms with Gasteiger partial charge in [-0.2, -0.15) is 5.10 Å². The molecule has 0 saturated heterocycles. The van der Waals surface area contributed by atoms with Crippen molar-refractivity contribution in [1.82, 2.24) is 15.1 Å². The molecule has 20 heavy (non-hydrogen) atoms. The van der Waals surface area contributed by atoms with Crippen LogP contribution < -0.4 is 5.32 Å². The van der Waals surface area contributed by atoms with Gasteiger partial charge in [-0.1, -0.05) is 13.8 Å². The summed E-state index contributed by atoms with van der Waals surface area (Å²) in [5.41, 5.74) is 2.51. The number of hydrogen-bond acceptors (Lipinski definition) is 3. The van der Waals surface area contributed by atoms with E-state index in [4.69, 9.17) is 4.74 Å². The van der Waals surface area contributed by atoms with E-state index in [0.29, 0.717) is 6.04 Å². The van der Waals surface area contributed by atoms with Gasteiger partial charge in [0.2, 0.25) is 0 Å². The zero-order chi connectivity index (χ0) is 14.8. The highest BCUT2D eigenvalue weighted by molar-refractivity contribution is 5.11. The van der Waals surface area contributed by atoms with Crippen molar-refractivity contribution in [1.29, 1.82) is 0 Å². The Morgan fingerprint density at radius 2 is 2.15 bits per heavy atom. The first-order chi connectivity index (χ1) is 9.71. The van der Waals surface area contributed by atoms with Crippen LogP contribution in [0.5, 0.6) is 0 Å². The molecule has 1 atom stereocenters. The van der Waals surface area contributed by atoms with E-state index in [1.54, 1.807) is 0 Å². The second-order valence-corrected chi connectivity index (χ2v) is 5.30. The van der Waals surface area contributed by atoms with E-state index in [9.17, 15) is 0 Å². The lowest BCUT2D eigenvalue weighted by atomic mass is 10.1. The number of aryl methyl sites for hydroxylation is 2. The molecule has 0 radical (unpaired) electrons. The van der Waals surface area contributed by atoms with Crippen molar-refractivity contribution in [2.75, 3.05) is 19.8 Å². The van der Waals surface area contributed by atoms with Gasteiger partial charge in [-0.15, -0.1) is 0 Å². The monoisotopic (exact) mass is 281 g/mol. The SMILES string of the molecule is CCCNC(CCCOCC)Cc1cc(CC)nn1C. The molecule has 1 heterocycles. The second-order valence-electron chi connectivity index (χ2n) is 5.30. The van der Waals surface area contributed by atoms with Crippen molar-refractivity contribution >= 4 is 0 Å². The van der Waals surface area contributed by atoms with Crippen LogP contribution in [-0.2, 0) is 24.6 Å². The fourth-order valence-corrected chi connectivity index (χ4v) is 2.39. The van der Waals surface area contributed by atoms with Gasteiger partial charge >= 0.3 is 0 Å². The molecule has 0 aliphatic heterocycles. The van der Waals surface area contributed by atoms with Crippen LogP contribution in [0, 0.1) is 0 Å². The van der Waals surface area contributed by atoms with E-state index in [-0.39, 0.29) is 0 Å². The Kier molecular flexibility index (Phi) is 8.54. The molecule has 1 unspecified atom stereocenters. The maximum atomic E-state index is 5.44. The summed E-state index contributed by atoms with van der Waals surface area (Å²) in [6.45, 7) is 9.18. The standard InChI is InChI=1S/C16H31N3O/c1-5-10-17-15(9-8-11-20-7-3)13-16-12-14(6-2)18-19(16)4/h12,15,17H,5-11,13H2,1-4H3. The van der Waals surface area contributed by atoms with Crippen LogP contribution in [0.25, 0.3) is 0 Å². The fraction of sp³-hybridized carbons (Fsp3) is 0.812. The van der Waals surface area contributed by atoms with Crippen molar-refractivity contribution in [2.45, 2.75) is 58.9 Å². The summed E-state index contributed by atoms with van der Waals surface area (Å²) >= 11 is 0. The third-order valence-electron chi connectivity index (χ3n) is 3.57. The molecule has 1 rings (SSSR count). The average molecular weight is 281 g/mol. The lowest BCUT2D eigenvalue weighted by Crippen LogP contribution is -2.32. The predicted molar refractivity (Wildman–Crippen MR) is 84.1 cm³/mol. The first-order valence-electron chi connectivity index (χ1n) is 8.04. The third kappa shape index (κ3) is 6.06. The van der Waals surface area contributed by atoms with Gasteiger partial charge in [0.05, 0.1) is 5.69 Å². The maximum Gasteiger partial charge on any atom is 0.0624 e. The van der Waals surface area contributed by atoms with Crippen LogP contribution in [-0.4, -0.2) is 35.6 Å². The number of rotatable bonds is 11. The molecule has 0 aliphatic carbocycles. The van der Waals surface area contributed by atoms with Crippen LogP contribution in [0.1, 0.15) is 51.4 Å². The maximum absolute atomic E-state index is 5.44. The third-order valence-corrected chi connectivity index (χ3v) is 3.57. The van der Waals surface area contributed by atoms with Gasteiger partial charge in [0.25, 0.3) is 0 Å². The normalized spacial score (nSPS) is 12.8. The Hall–Kier alpha value is -0.870. The summed E-state index contributed by atoms with van der Waals surface area (Å²) in [4.78, 5) is 0. The molecule has 0 saturated carbocycles. The van der Waals surface area contributed by atoms with Crippen LogP contribution in [0.15, 0.2) is 6.07 Å². The van der Waals surface area contributed by atoms with Crippen LogP contribution >= 0.6 is 0 Å². The summed E-state index contributed by atoms with van der Waals surface area (Å²) in [6.07, 6.45) is 5.51. The van der Waals surface area contributed by atoms with Gasteiger partial charge in [-0.3, -0.25) is 4.68 Å². The Balaban J connectivity index is 2.51. The van der Waals surface area contributed by atoms with Gasteiger partial charge in [-0.05, 0) is 45.2 Å². The average Bonchev–Trinajstić information content (AvgIpc) is 2.81. The molecule has 0 fully saturated rings. The second kappa shape index (κ2) is 9.94. The first-order valence-corrected chi connectivity index (χ1v) is 8.04. The Morgan fingerprint density at radius 3 is 2.75 bits per heavy atom. The van der Waals surface area contributed by atoms with E-state index in [0.717, 1.165) is 45.4 Å². The Labute approximate surface area is 123 Å². The molecule has 1 aromatic rings. The number of hydrogen-bond donors (Lipinski definition) is 1. The van der Waals surface area contributed by atoms with E-state index < -0.39 is 0 Å². The smallest absolute Gasteiger partial charge is 0.0624 e. The Morgan fingerprint density at radius 1 is 1.35 bits per heavy atom. The molecular formula is C16H31N3O. The molecule has 0 amide bonds. The summed E-state index contributed by atoms with van der Waals surface area (Å²) in [5.74, 6) is 0. The first kappa shape index (κ1) is 17.2. The summed E-state index contributed by atoms with van der Waals surface area (Å²) < 4.78 is 7.47. The molecule has 116 valence electrons. The van der Waals surface area contributed by atoms with Crippen molar-refractivity contribution in [2.24, 2.45) is 7.05 Å². The van der Waals surface area contributed by atoms with Crippen molar-refractivity contribution in [3.63, 3.8) is 0 Å². The highest BCUT2D eigenvalue weighted by atomic mass is 16.5. The molecule has 4 heteroatoms. The zero-order valence-corrected chi connectivity index (χ0v) is 13.6. The molecule has 0 spiro atoms. The van der Waals surface area contributed by atoms with Gasteiger partial charge in [0.15, 0.2) is 0 Å². The molecular weight excluding hydrogens is 250 g/mol. The minimum atomic E-state index is 0.524. The molecule has 0 bridgehead atoms. The number of aromatic nitrogens is 2. The highest BCUT2D eigenvalue weighted by Crippen LogP contribution is 2.10.